The quantitative estimate of drug-likeness (QED) is 0.534. The lowest BCUT2D eigenvalue weighted by Crippen LogP contribution is -2.09. The summed E-state index contributed by atoms with van der Waals surface area (Å²) in [4.78, 5) is 13.4. The number of benzene rings is 1. The summed E-state index contributed by atoms with van der Waals surface area (Å²) in [5.74, 6) is 1.47. The second-order valence-corrected chi connectivity index (χ2v) is 7.26. The second-order valence-electron chi connectivity index (χ2n) is 7.26. The van der Waals surface area contributed by atoms with Crippen LogP contribution < -0.4 is 5.32 Å². The van der Waals surface area contributed by atoms with Gasteiger partial charge in [-0.15, -0.1) is 0 Å². The number of hydrogen-bond acceptors (Lipinski definition) is 5. The molecule has 0 spiro atoms. The molecule has 1 N–H and O–H groups in total. The van der Waals surface area contributed by atoms with Crippen molar-refractivity contribution >= 4 is 5.82 Å². The highest BCUT2D eigenvalue weighted by molar-refractivity contribution is 5.56. The van der Waals surface area contributed by atoms with Crippen molar-refractivity contribution in [2.45, 2.75) is 33.7 Å². The van der Waals surface area contributed by atoms with Crippen molar-refractivity contribution in [2.75, 3.05) is 5.32 Å². The minimum absolute atomic E-state index is 0.0977. The van der Waals surface area contributed by atoms with Crippen molar-refractivity contribution in [3.05, 3.63) is 83.6 Å². The summed E-state index contributed by atoms with van der Waals surface area (Å²) in [6.45, 7) is 8.17. The Morgan fingerprint density at radius 2 is 1.72 bits per heavy atom. The Kier molecular flexibility index (Phi) is 5.08. The SMILES string of the molecule is Cc1cc(NC(C)c2ccc(-n3nc(C)cc3C)cc2)nc(-c2cccnc2)n1. The van der Waals surface area contributed by atoms with Gasteiger partial charge < -0.3 is 5.32 Å². The van der Waals surface area contributed by atoms with E-state index in [9.17, 15) is 0 Å². The highest BCUT2D eigenvalue weighted by Crippen LogP contribution is 2.23. The molecule has 4 rings (SSSR count). The fraction of sp³-hybridized carbons (Fsp3) is 0.217. The first-order valence-electron chi connectivity index (χ1n) is 9.66. The molecule has 29 heavy (non-hydrogen) atoms. The zero-order valence-electron chi connectivity index (χ0n) is 17.1. The van der Waals surface area contributed by atoms with Crippen LogP contribution in [-0.2, 0) is 0 Å². The molecule has 146 valence electrons. The highest BCUT2D eigenvalue weighted by Gasteiger charge is 2.11. The van der Waals surface area contributed by atoms with Gasteiger partial charge in [0.05, 0.1) is 11.4 Å². The van der Waals surface area contributed by atoms with E-state index in [4.69, 9.17) is 0 Å². The minimum Gasteiger partial charge on any atom is -0.363 e. The number of pyridine rings is 1. The molecule has 0 amide bonds. The Hall–Kier alpha value is -3.54. The van der Waals surface area contributed by atoms with E-state index in [2.05, 4.69) is 69.5 Å². The molecule has 0 saturated carbocycles. The summed E-state index contributed by atoms with van der Waals surface area (Å²) in [5.41, 5.74) is 6.19. The first kappa shape index (κ1) is 18.8. The molecular weight excluding hydrogens is 360 g/mol. The molecule has 6 heteroatoms. The summed E-state index contributed by atoms with van der Waals surface area (Å²) in [6, 6.07) is 16.4. The molecule has 1 atom stereocenters. The van der Waals surface area contributed by atoms with Gasteiger partial charge in [0.1, 0.15) is 5.82 Å². The van der Waals surface area contributed by atoms with Gasteiger partial charge in [0, 0.05) is 41.5 Å². The normalized spacial score (nSPS) is 12.0. The van der Waals surface area contributed by atoms with Crippen LogP contribution in [0.25, 0.3) is 17.1 Å². The van der Waals surface area contributed by atoms with Gasteiger partial charge in [0.15, 0.2) is 5.82 Å². The maximum atomic E-state index is 4.67. The van der Waals surface area contributed by atoms with Gasteiger partial charge in [-0.3, -0.25) is 4.98 Å². The van der Waals surface area contributed by atoms with Crippen molar-refractivity contribution < 1.29 is 0 Å². The van der Waals surface area contributed by atoms with Crippen LogP contribution in [0.1, 0.15) is 35.6 Å². The lowest BCUT2D eigenvalue weighted by atomic mass is 10.1. The molecule has 4 aromatic rings. The van der Waals surface area contributed by atoms with Gasteiger partial charge in [0.2, 0.25) is 0 Å². The molecule has 0 bridgehead atoms. The van der Waals surface area contributed by atoms with E-state index in [-0.39, 0.29) is 6.04 Å². The minimum atomic E-state index is 0.0977. The number of anilines is 1. The molecule has 1 unspecified atom stereocenters. The number of nitrogens with zero attached hydrogens (tertiary/aromatic N) is 5. The van der Waals surface area contributed by atoms with E-state index in [1.165, 1.54) is 5.56 Å². The molecular formula is C23H24N6. The number of aryl methyl sites for hydroxylation is 3. The first-order chi connectivity index (χ1) is 14.0. The maximum Gasteiger partial charge on any atom is 0.163 e. The average molecular weight is 384 g/mol. The van der Waals surface area contributed by atoms with Gasteiger partial charge in [-0.05, 0) is 63.6 Å². The van der Waals surface area contributed by atoms with E-state index in [1.54, 1.807) is 12.4 Å². The molecule has 0 aliphatic heterocycles. The highest BCUT2D eigenvalue weighted by atomic mass is 15.3. The Morgan fingerprint density at radius 3 is 2.38 bits per heavy atom. The molecule has 0 aliphatic rings. The molecule has 3 aromatic heterocycles. The zero-order valence-corrected chi connectivity index (χ0v) is 17.1. The molecule has 1 aromatic carbocycles. The number of rotatable bonds is 5. The average Bonchev–Trinajstić information content (AvgIpc) is 3.06. The van der Waals surface area contributed by atoms with E-state index < -0.39 is 0 Å². The van der Waals surface area contributed by atoms with E-state index in [0.29, 0.717) is 5.82 Å². The van der Waals surface area contributed by atoms with E-state index in [1.807, 2.05) is 36.7 Å². The Balaban J connectivity index is 1.54. The first-order valence-corrected chi connectivity index (χ1v) is 9.66. The summed E-state index contributed by atoms with van der Waals surface area (Å²) in [5, 5.41) is 8.04. The van der Waals surface area contributed by atoms with Crippen LogP contribution >= 0.6 is 0 Å². The van der Waals surface area contributed by atoms with Crippen molar-refractivity contribution in [3.8, 4) is 17.1 Å². The molecule has 6 nitrogen and oxygen atoms in total. The van der Waals surface area contributed by atoms with Crippen LogP contribution in [-0.4, -0.2) is 24.7 Å². The number of aromatic nitrogens is 5. The maximum absolute atomic E-state index is 4.67. The Labute approximate surface area is 170 Å². The zero-order chi connectivity index (χ0) is 20.4. The third kappa shape index (κ3) is 4.16. The fourth-order valence-electron chi connectivity index (χ4n) is 3.37. The second kappa shape index (κ2) is 7.83. The lowest BCUT2D eigenvalue weighted by molar-refractivity contribution is 0.827. The molecule has 0 aliphatic carbocycles. The standard InChI is InChI=1S/C23H24N6/c1-15-13-22(27-23(25-15)20-6-5-11-24-14-20)26-18(4)19-7-9-21(10-8-19)29-17(3)12-16(2)28-29/h5-14,18H,1-4H3,(H,25,26,27). The van der Waals surface area contributed by atoms with Crippen LogP contribution in [0.2, 0.25) is 0 Å². The van der Waals surface area contributed by atoms with Gasteiger partial charge in [0.25, 0.3) is 0 Å². The van der Waals surface area contributed by atoms with Gasteiger partial charge in [-0.1, -0.05) is 12.1 Å². The monoisotopic (exact) mass is 384 g/mol. The van der Waals surface area contributed by atoms with Gasteiger partial charge >= 0.3 is 0 Å². The lowest BCUT2D eigenvalue weighted by Gasteiger charge is -2.16. The summed E-state index contributed by atoms with van der Waals surface area (Å²) in [6.07, 6.45) is 3.52. The van der Waals surface area contributed by atoms with Crippen LogP contribution in [0, 0.1) is 20.8 Å². The topological polar surface area (TPSA) is 68.5 Å². The Morgan fingerprint density at radius 1 is 0.931 bits per heavy atom. The predicted octanol–water partition coefficient (Wildman–Crippen LogP) is 4.82. The summed E-state index contributed by atoms with van der Waals surface area (Å²) < 4.78 is 1.96. The van der Waals surface area contributed by atoms with Crippen molar-refractivity contribution in [1.82, 2.24) is 24.7 Å². The molecule has 0 fully saturated rings. The van der Waals surface area contributed by atoms with Crippen LogP contribution in [0.4, 0.5) is 5.82 Å². The van der Waals surface area contributed by atoms with Crippen molar-refractivity contribution in [2.24, 2.45) is 0 Å². The fourth-order valence-corrected chi connectivity index (χ4v) is 3.37. The van der Waals surface area contributed by atoms with Crippen molar-refractivity contribution in [3.63, 3.8) is 0 Å². The van der Waals surface area contributed by atoms with E-state index in [0.717, 1.165) is 34.2 Å². The van der Waals surface area contributed by atoms with E-state index >= 15 is 0 Å². The number of hydrogen-bond donors (Lipinski definition) is 1. The predicted molar refractivity (Wildman–Crippen MR) is 115 cm³/mol. The third-order valence-electron chi connectivity index (χ3n) is 4.79. The molecule has 0 radical (unpaired) electrons. The number of nitrogens with one attached hydrogen (secondary N) is 1. The summed E-state index contributed by atoms with van der Waals surface area (Å²) >= 11 is 0. The van der Waals surface area contributed by atoms with Crippen LogP contribution in [0.5, 0.6) is 0 Å². The van der Waals surface area contributed by atoms with Crippen LogP contribution in [0.15, 0.2) is 60.9 Å². The largest absolute Gasteiger partial charge is 0.363 e. The van der Waals surface area contributed by atoms with Crippen molar-refractivity contribution in [1.29, 1.82) is 0 Å². The Bertz CT molecular complexity index is 1120. The third-order valence-corrected chi connectivity index (χ3v) is 4.79. The molecule has 3 heterocycles. The van der Waals surface area contributed by atoms with Gasteiger partial charge in [-0.25, -0.2) is 14.6 Å². The smallest absolute Gasteiger partial charge is 0.163 e. The molecule has 0 saturated heterocycles. The summed E-state index contributed by atoms with van der Waals surface area (Å²) in [7, 11) is 0. The van der Waals surface area contributed by atoms with Crippen LogP contribution in [0.3, 0.4) is 0 Å². The van der Waals surface area contributed by atoms with Gasteiger partial charge in [-0.2, -0.15) is 5.10 Å².